The summed E-state index contributed by atoms with van der Waals surface area (Å²) in [6, 6.07) is 9.84. The lowest BCUT2D eigenvalue weighted by Crippen LogP contribution is -2.35. The van der Waals surface area contributed by atoms with E-state index in [2.05, 4.69) is 4.90 Å². The van der Waals surface area contributed by atoms with E-state index in [1.165, 1.54) is 0 Å². The number of ether oxygens (including phenoxy) is 1. The van der Waals surface area contributed by atoms with Gasteiger partial charge in [0.1, 0.15) is 18.1 Å². The number of rotatable bonds is 3. The summed E-state index contributed by atoms with van der Waals surface area (Å²) in [6.45, 7) is 1.29. The summed E-state index contributed by atoms with van der Waals surface area (Å²) in [4.78, 5) is 2.17. The largest absolute Gasteiger partial charge is 0.508 e. The smallest absolute Gasteiger partial charge is 0.157 e. The van der Waals surface area contributed by atoms with Gasteiger partial charge in [-0.25, -0.2) is 0 Å². The van der Waals surface area contributed by atoms with Gasteiger partial charge >= 0.3 is 0 Å². The van der Waals surface area contributed by atoms with Crippen molar-refractivity contribution in [3.63, 3.8) is 0 Å². The van der Waals surface area contributed by atoms with Crippen molar-refractivity contribution in [1.29, 1.82) is 0 Å². The summed E-state index contributed by atoms with van der Waals surface area (Å²) in [6.07, 6.45) is 0.829. The van der Waals surface area contributed by atoms with Crippen LogP contribution in [-0.4, -0.2) is 40.4 Å². The predicted octanol–water partition coefficient (Wildman–Crippen LogP) is 2.41. The van der Waals surface area contributed by atoms with Crippen LogP contribution in [0.2, 0.25) is 0 Å². The van der Waals surface area contributed by atoms with Crippen LogP contribution in [0.1, 0.15) is 17.2 Å². The van der Waals surface area contributed by atoms with Gasteiger partial charge in [0.2, 0.25) is 0 Å². The number of benzene rings is 2. The minimum absolute atomic E-state index is 0.00375. The van der Waals surface area contributed by atoms with Gasteiger partial charge in [0.25, 0.3) is 0 Å². The second-order valence-corrected chi connectivity index (χ2v) is 5.59. The summed E-state index contributed by atoms with van der Waals surface area (Å²) in [5, 5.41) is 28.7. The van der Waals surface area contributed by atoms with Crippen LogP contribution in [0.5, 0.6) is 23.0 Å². The average Bonchev–Trinajstić information content (AvgIpc) is 2.50. The highest BCUT2D eigenvalue weighted by atomic mass is 16.5. The number of aromatic hydroxyl groups is 3. The van der Waals surface area contributed by atoms with E-state index in [0.717, 1.165) is 24.1 Å². The summed E-state index contributed by atoms with van der Waals surface area (Å²) in [5.41, 5.74) is 2.01. The Morgan fingerprint density at radius 2 is 1.77 bits per heavy atom. The van der Waals surface area contributed by atoms with Gasteiger partial charge < -0.3 is 20.1 Å². The number of nitrogens with zero attached hydrogens (tertiary/aromatic N) is 1. The first-order chi connectivity index (χ1) is 10.5. The molecule has 0 bridgehead atoms. The number of phenolic OH excluding ortho intramolecular Hbond substituents is 3. The lowest BCUT2D eigenvalue weighted by molar-refractivity contribution is 0.152. The molecule has 1 aliphatic heterocycles. The van der Waals surface area contributed by atoms with Crippen LogP contribution in [0.15, 0.2) is 36.4 Å². The lowest BCUT2D eigenvalue weighted by Gasteiger charge is -2.34. The predicted molar refractivity (Wildman–Crippen MR) is 82.4 cm³/mol. The van der Waals surface area contributed by atoms with E-state index in [1.807, 2.05) is 7.05 Å². The maximum Gasteiger partial charge on any atom is 0.157 e. The zero-order valence-electron chi connectivity index (χ0n) is 12.4. The third kappa shape index (κ3) is 2.80. The quantitative estimate of drug-likeness (QED) is 0.759. The Balaban J connectivity index is 1.81. The van der Waals surface area contributed by atoms with Gasteiger partial charge in [-0.2, -0.15) is 0 Å². The highest BCUT2D eigenvalue weighted by molar-refractivity contribution is 5.48. The molecular weight excluding hydrogens is 282 g/mol. The summed E-state index contributed by atoms with van der Waals surface area (Å²) in [5.74, 6) is 0.694. The molecular formula is C17H19NO4. The molecule has 0 spiro atoms. The monoisotopic (exact) mass is 301 g/mol. The fraction of sp³-hybridized carbons (Fsp3) is 0.294. The van der Waals surface area contributed by atoms with Crippen molar-refractivity contribution in [2.45, 2.75) is 12.5 Å². The van der Waals surface area contributed by atoms with Crippen molar-refractivity contribution >= 4 is 0 Å². The number of likely N-dealkylation sites (N-methyl/N-ethyl adjacent to an activating group) is 1. The van der Waals surface area contributed by atoms with E-state index in [1.54, 1.807) is 36.4 Å². The van der Waals surface area contributed by atoms with Crippen LogP contribution in [0.3, 0.4) is 0 Å². The van der Waals surface area contributed by atoms with Gasteiger partial charge in [0.15, 0.2) is 11.5 Å². The molecule has 2 aromatic carbocycles. The van der Waals surface area contributed by atoms with Crippen LogP contribution >= 0.6 is 0 Å². The van der Waals surface area contributed by atoms with Crippen molar-refractivity contribution < 1.29 is 20.1 Å². The summed E-state index contributed by atoms with van der Waals surface area (Å²) >= 11 is 0. The zero-order chi connectivity index (χ0) is 15.7. The maximum atomic E-state index is 9.76. The molecule has 0 saturated heterocycles. The Labute approximate surface area is 129 Å². The molecule has 0 fully saturated rings. The normalized spacial score (nSPS) is 18.0. The molecule has 3 N–H and O–H groups in total. The van der Waals surface area contributed by atoms with Crippen molar-refractivity contribution in [2.24, 2.45) is 0 Å². The molecule has 0 saturated carbocycles. The van der Waals surface area contributed by atoms with Crippen LogP contribution in [-0.2, 0) is 6.42 Å². The molecule has 5 nitrogen and oxygen atoms in total. The average molecular weight is 301 g/mol. The molecule has 3 rings (SSSR count). The lowest BCUT2D eigenvalue weighted by atomic mass is 9.92. The molecule has 1 unspecified atom stereocenters. The fourth-order valence-electron chi connectivity index (χ4n) is 2.79. The molecule has 5 heteroatoms. The molecule has 1 aliphatic rings. The van der Waals surface area contributed by atoms with Gasteiger partial charge in [-0.3, -0.25) is 4.90 Å². The van der Waals surface area contributed by atoms with E-state index in [-0.39, 0.29) is 23.3 Å². The van der Waals surface area contributed by atoms with Gasteiger partial charge in [-0.15, -0.1) is 0 Å². The minimum atomic E-state index is -0.108. The third-order valence-electron chi connectivity index (χ3n) is 4.11. The molecule has 1 heterocycles. The molecule has 116 valence electrons. The Hall–Kier alpha value is -2.40. The van der Waals surface area contributed by atoms with Crippen molar-refractivity contribution in [3.05, 3.63) is 47.5 Å². The number of hydrogen-bond donors (Lipinski definition) is 3. The maximum absolute atomic E-state index is 9.76. The van der Waals surface area contributed by atoms with E-state index < -0.39 is 0 Å². The van der Waals surface area contributed by atoms with E-state index >= 15 is 0 Å². The van der Waals surface area contributed by atoms with Gasteiger partial charge in [-0.05, 0) is 61.0 Å². The van der Waals surface area contributed by atoms with Crippen molar-refractivity contribution in [1.82, 2.24) is 4.90 Å². The van der Waals surface area contributed by atoms with E-state index in [4.69, 9.17) is 4.74 Å². The Morgan fingerprint density at radius 3 is 2.50 bits per heavy atom. The fourth-order valence-corrected chi connectivity index (χ4v) is 2.79. The van der Waals surface area contributed by atoms with E-state index in [9.17, 15) is 15.3 Å². The third-order valence-corrected chi connectivity index (χ3v) is 4.11. The highest BCUT2D eigenvalue weighted by Crippen LogP contribution is 2.36. The number of phenols is 3. The Kier molecular flexibility index (Phi) is 3.81. The van der Waals surface area contributed by atoms with Crippen LogP contribution in [0.4, 0.5) is 0 Å². The highest BCUT2D eigenvalue weighted by Gasteiger charge is 2.26. The van der Waals surface area contributed by atoms with Crippen LogP contribution in [0.25, 0.3) is 0 Å². The Bertz CT molecular complexity index is 669. The van der Waals surface area contributed by atoms with Crippen molar-refractivity contribution in [2.75, 3.05) is 20.2 Å². The number of fused-ring (bicyclic) bond motifs is 1. The Morgan fingerprint density at radius 1 is 1.09 bits per heavy atom. The van der Waals surface area contributed by atoms with Crippen LogP contribution in [0, 0.1) is 0 Å². The molecule has 0 aromatic heterocycles. The summed E-state index contributed by atoms with van der Waals surface area (Å²) < 4.78 is 5.80. The molecule has 0 amide bonds. The standard InChI is InChI=1S/C17H19NO4/c1-18-7-6-11-8-16(20)17(21)9-14(11)15(18)10-22-13-4-2-12(19)3-5-13/h2-5,8-9,15,19-21H,6-7,10H2,1H3. The van der Waals surface area contributed by atoms with Gasteiger partial charge in [-0.1, -0.05) is 0 Å². The van der Waals surface area contributed by atoms with Crippen LogP contribution < -0.4 is 4.74 Å². The number of hydrogen-bond acceptors (Lipinski definition) is 5. The summed E-state index contributed by atoms with van der Waals surface area (Å²) in [7, 11) is 2.01. The van der Waals surface area contributed by atoms with E-state index in [0.29, 0.717) is 12.4 Å². The zero-order valence-corrected chi connectivity index (χ0v) is 12.4. The molecule has 0 aliphatic carbocycles. The van der Waals surface area contributed by atoms with Gasteiger partial charge in [0, 0.05) is 6.54 Å². The molecule has 1 atom stereocenters. The minimum Gasteiger partial charge on any atom is -0.508 e. The molecule has 22 heavy (non-hydrogen) atoms. The van der Waals surface area contributed by atoms with Crippen molar-refractivity contribution in [3.8, 4) is 23.0 Å². The first-order valence-electron chi connectivity index (χ1n) is 7.21. The SMILES string of the molecule is CN1CCc2cc(O)c(O)cc2C1COc1ccc(O)cc1. The van der Waals surface area contributed by atoms with Gasteiger partial charge in [0.05, 0.1) is 6.04 Å². The molecule has 0 radical (unpaired) electrons. The first-order valence-corrected chi connectivity index (χ1v) is 7.21. The second kappa shape index (κ2) is 5.77. The first kappa shape index (κ1) is 14.5. The topological polar surface area (TPSA) is 73.2 Å². The second-order valence-electron chi connectivity index (χ2n) is 5.59. The molecule has 2 aromatic rings.